The van der Waals surface area contributed by atoms with Crippen LogP contribution in [0.25, 0.3) is 10.2 Å². The number of phenols is 1. The van der Waals surface area contributed by atoms with Gasteiger partial charge in [0.25, 0.3) is 5.91 Å². The van der Waals surface area contributed by atoms with Crippen molar-refractivity contribution in [1.82, 2.24) is 10.3 Å². The van der Waals surface area contributed by atoms with Gasteiger partial charge in [-0.25, -0.2) is 4.98 Å². The maximum absolute atomic E-state index is 11.8. The van der Waals surface area contributed by atoms with E-state index in [0.717, 1.165) is 60.4 Å². The molecule has 1 aliphatic rings. The van der Waals surface area contributed by atoms with E-state index in [1.165, 1.54) is 11.3 Å². The van der Waals surface area contributed by atoms with Crippen LogP contribution in [0.1, 0.15) is 53.1 Å². The quantitative estimate of drug-likeness (QED) is 0.342. The predicted molar refractivity (Wildman–Crippen MR) is 133 cm³/mol. The molecule has 9 heteroatoms. The molecule has 1 unspecified atom stereocenters. The Balaban J connectivity index is 1.42. The van der Waals surface area contributed by atoms with Crippen LogP contribution in [0.15, 0.2) is 30.3 Å². The summed E-state index contributed by atoms with van der Waals surface area (Å²) in [6.07, 6.45) is 3.01. The van der Waals surface area contributed by atoms with Crippen LogP contribution < -0.4 is 21.7 Å². The van der Waals surface area contributed by atoms with Gasteiger partial charge in [-0.3, -0.25) is 4.79 Å². The van der Waals surface area contributed by atoms with Gasteiger partial charge in [0.05, 0.1) is 11.8 Å². The van der Waals surface area contributed by atoms with E-state index in [9.17, 15) is 15.0 Å². The predicted octanol–water partition coefficient (Wildman–Crippen LogP) is 2.93. The Kier molecular flexibility index (Phi) is 7.02. The maximum atomic E-state index is 11.8. The van der Waals surface area contributed by atoms with Crippen LogP contribution in [0.2, 0.25) is 0 Å². The molecule has 0 bridgehead atoms. The molecule has 0 radical (unpaired) electrons. The molecule has 33 heavy (non-hydrogen) atoms. The number of rotatable bonds is 8. The Hall–Kier alpha value is -2.88. The summed E-state index contributed by atoms with van der Waals surface area (Å²) in [5.74, 6) is 0.544. The molecule has 1 atom stereocenters. The molecule has 3 aromatic rings. The monoisotopic (exact) mass is 469 g/mol. The molecule has 1 aromatic carbocycles. The number of carbonyl (C=O) groups excluding carboxylic acids is 1. The third-order valence-electron chi connectivity index (χ3n) is 6.18. The Labute approximate surface area is 197 Å². The van der Waals surface area contributed by atoms with Gasteiger partial charge in [0.1, 0.15) is 21.3 Å². The molecule has 0 saturated carbocycles. The van der Waals surface area contributed by atoms with E-state index in [4.69, 9.17) is 16.5 Å². The van der Waals surface area contributed by atoms with Crippen LogP contribution in [0, 0.1) is 0 Å². The van der Waals surface area contributed by atoms with Crippen LogP contribution in [-0.4, -0.2) is 46.8 Å². The van der Waals surface area contributed by atoms with Gasteiger partial charge in [0.15, 0.2) is 0 Å². The molecule has 4 rings (SSSR count). The van der Waals surface area contributed by atoms with E-state index in [2.05, 4.69) is 23.2 Å². The lowest BCUT2D eigenvalue weighted by Crippen LogP contribution is -2.44. The van der Waals surface area contributed by atoms with E-state index in [-0.39, 0.29) is 5.75 Å². The van der Waals surface area contributed by atoms with Gasteiger partial charge in [-0.2, -0.15) is 0 Å². The SMILES string of the molecule is CCCc1cc(N2CCC(NCC(O)c3cccc(O)c3)CC2)nc2sc(C(N)=O)c(N)c12. The number of hydrogen-bond acceptors (Lipinski definition) is 8. The molecule has 0 spiro atoms. The Bertz CT molecular complexity index is 1140. The fourth-order valence-corrected chi connectivity index (χ4v) is 5.43. The topological polar surface area (TPSA) is 138 Å². The number of nitrogen functional groups attached to an aromatic ring is 1. The van der Waals surface area contributed by atoms with Gasteiger partial charge in [0.2, 0.25) is 0 Å². The van der Waals surface area contributed by atoms with Gasteiger partial charge in [-0.15, -0.1) is 11.3 Å². The summed E-state index contributed by atoms with van der Waals surface area (Å²) in [7, 11) is 0. The van der Waals surface area contributed by atoms with Crippen molar-refractivity contribution >= 4 is 39.0 Å². The first-order valence-electron chi connectivity index (χ1n) is 11.3. The molecule has 1 fully saturated rings. The van der Waals surface area contributed by atoms with Gasteiger partial charge in [0, 0.05) is 31.1 Å². The number of piperidine rings is 1. The summed E-state index contributed by atoms with van der Waals surface area (Å²) in [4.78, 5) is 20.0. The summed E-state index contributed by atoms with van der Waals surface area (Å²) >= 11 is 1.27. The van der Waals surface area contributed by atoms with Gasteiger partial charge in [-0.1, -0.05) is 25.5 Å². The third kappa shape index (κ3) is 5.05. The van der Waals surface area contributed by atoms with E-state index >= 15 is 0 Å². The minimum Gasteiger partial charge on any atom is -0.508 e. The standard InChI is InChI=1S/C24H31N5O3S/c1-2-4-15-12-19(28-24-20(15)21(25)22(33-24)23(26)32)29-9-7-16(8-10-29)27-13-18(31)14-5-3-6-17(30)11-14/h3,5-6,11-12,16,18,27,30-31H,2,4,7-10,13,25H2,1H3,(H2,26,32). The number of amides is 1. The molecule has 176 valence electrons. The van der Waals surface area contributed by atoms with E-state index < -0.39 is 12.0 Å². The number of hydrogen-bond donors (Lipinski definition) is 5. The normalized spacial score (nSPS) is 15.8. The van der Waals surface area contributed by atoms with Crippen molar-refractivity contribution in [3.63, 3.8) is 0 Å². The number of aliphatic hydroxyl groups excluding tert-OH is 1. The number of aliphatic hydroxyl groups is 1. The second-order valence-electron chi connectivity index (χ2n) is 8.56. The molecule has 1 saturated heterocycles. The molecule has 3 heterocycles. The lowest BCUT2D eigenvalue weighted by atomic mass is 10.0. The van der Waals surface area contributed by atoms with Crippen molar-refractivity contribution in [2.24, 2.45) is 5.73 Å². The van der Waals surface area contributed by atoms with Crippen LogP contribution in [-0.2, 0) is 6.42 Å². The number of thiophene rings is 1. The minimum absolute atomic E-state index is 0.155. The maximum Gasteiger partial charge on any atom is 0.260 e. The number of aromatic nitrogens is 1. The van der Waals surface area contributed by atoms with Crippen LogP contribution in [0.4, 0.5) is 11.5 Å². The second kappa shape index (κ2) is 9.94. The number of primary amides is 1. The lowest BCUT2D eigenvalue weighted by molar-refractivity contribution is 0.100. The van der Waals surface area contributed by atoms with Gasteiger partial charge < -0.3 is 31.9 Å². The molecule has 0 aliphatic carbocycles. The highest BCUT2D eigenvalue weighted by Gasteiger charge is 2.24. The average Bonchev–Trinajstić information content (AvgIpc) is 3.15. The van der Waals surface area contributed by atoms with Crippen molar-refractivity contribution in [2.75, 3.05) is 30.3 Å². The molecular weight excluding hydrogens is 438 g/mol. The number of nitrogens with two attached hydrogens (primary N) is 2. The van der Waals surface area contributed by atoms with Crippen LogP contribution in [0.3, 0.4) is 0 Å². The second-order valence-corrected chi connectivity index (χ2v) is 9.56. The third-order valence-corrected chi connectivity index (χ3v) is 7.30. The molecule has 7 N–H and O–H groups in total. The van der Waals surface area contributed by atoms with Gasteiger partial charge >= 0.3 is 0 Å². The van der Waals surface area contributed by atoms with E-state index in [0.29, 0.717) is 28.7 Å². The van der Waals surface area contributed by atoms with E-state index in [1.807, 2.05) is 6.07 Å². The number of anilines is 2. The highest BCUT2D eigenvalue weighted by Crippen LogP contribution is 2.37. The number of nitrogens with one attached hydrogen (secondary N) is 1. The van der Waals surface area contributed by atoms with Crippen molar-refractivity contribution in [3.05, 3.63) is 46.3 Å². The Morgan fingerprint density at radius 3 is 2.76 bits per heavy atom. The van der Waals surface area contributed by atoms with Crippen molar-refractivity contribution in [2.45, 2.75) is 44.8 Å². The van der Waals surface area contributed by atoms with Crippen molar-refractivity contribution < 1.29 is 15.0 Å². The van der Waals surface area contributed by atoms with E-state index in [1.54, 1.807) is 18.2 Å². The van der Waals surface area contributed by atoms with Crippen LogP contribution in [0.5, 0.6) is 5.75 Å². The van der Waals surface area contributed by atoms with Crippen molar-refractivity contribution in [3.8, 4) is 5.75 Å². The smallest absolute Gasteiger partial charge is 0.260 e. The zero-order valence-corrected chi connectivity index (χ0v) is 19.6. The number of benzene rings is 1. The molecule has 1 amide bonds. The summed E-state index contributed by atoms with van der Waals surface area (Å²) < 4.78 is 0. The highest BCUT2D eigenvalue weighted by molar-refractivity contribution is 7.21. The summed E-state index contributed by atoms with van der Waals surface area (Å²) in [6, 6.07) is 9.12. The number of nitrogens with zero attached hydrogens (tertiary/aromatic N) is 2. The zero-order chi connectivity index (χ0) is 23.5. The Morgan fingerprint density at radius 2 is 2.09 bits per heavy atom. The number of aryl methyl sites for hydroxylation is 1. The molecule has 2 aromatic heterocycles. The van der Waals surface area contributed by atoms with Crippen molar-refractivity contribution in [1.29, 1.82) is 0 Å². The highest BCUT2D eigenvalue weighted by atomic mass is 32.1. The number of carbonyl (C=O) groups is 1. The molecular formula is C24H31N5O3S. The summed E-state index contributed by atoms with van der Waals surface area (Å²) in [5.41, 5.74) is 14.0. The number of fused-ring (bicyclic) bond motifs is 1. The number of pyridine rings is 1. The summed E-state index contributed by atoms with van der Waals surface area (Å²) in [6.45, 7) is 4.23. The summed E-state index contributed by atoms with van der Waals surface area (Å²) in [5, 5.41) is 24.3. The van der Waals surface area contributed by atoms with Crippen LogP contribution >= 0.6 is 11.3 Å². The largest absolute Gasteiger partial charge is 0.508 e. The molecule has 1 aliphatic heterocycles. The first kappa shape index (κ1) is 23.3. The minimum atomic E-state index is -0.667. The molecule has 8 nitrogen and oxygen atoms in total. The lowest BCUT2D eigenvalue weighted by Gasteiger charge is -2.34. The first-order valence-corrected chi connectivity index (χ1v) is 12.2. The average molecular weight is 470 g/mol. The Morgan fingerprint density at radius 1 is 1.33 bits per heavy atom. The fraction of sp³-hybridized carbons (Fsp3) is 0.417. The number of phenolic OH excluding ortho intramolecular Hbond substituents is 1. The zero-order valence-electron chi connectivity index (χ0n) is 18.8. The van der Waals surface area contributed by atoms with Gasteiger partial charge in [-0.05, 0) is 48.6 Å². The number of aromatic hydroxyl groups is 1. The first-order chi connectivity index (χ1) is 15.9. The fourth-order valence-electron chi connectivity index (χ4n) is 4.44.